The summed E-state index contributed by atoms with van der Waals surface area (Å²) in [7, 11) is 0. The zero-order valence-corrected chi connectivity index (χ0v) is 11.3. The molecule has 0 N–H and O–H groups in total. The fourth-order valence-corrected chi connectivity index (χ4v) is 1.95. The molecule has 2 aromatic carbocycles. The maximum Gasteiger partial charge on any atom is 0.416 e. The van der Waals surface area contributed by atoms with Gasteiger partial charge in [0.15, 0.2) is 5.78 Å². The van der Waals surface area contributed by atoms with Crippen molar-refractivity contribution >= 4 is 17.4 Å². The number of rotatable bonds is 3. The van der Waals surface area contributed by atoms with Crippen LogP contribution in [-0.4, -0.2) is 5.78 Å². The van der Waals surface area contributed by atoms with Crippen LogP contribution in [-0.2, 0) is 12.6 Å². The number of alkyl halides is 3. The Bertz CT molecular complexity index is 662. The highest BCUT2D eigenvalue weighted by molar-refractivity contribution is 6.31. The fourth-order valence-electron chi connectivity index (χ4n) is 1.77. The third kappa shape index (κ3) is 3.82. The number of ketones is 1. The summed E-state index contributed by atoms with van der Waals surface area (Å²) in [4.78, 5) is 12.0. The number of Topliss-reactive ketones (excluding diaryl/α,β-unsaturated/α-hetero) is 1. The molecule has 0 heterocycles. The summed E-state index contributed by atoms with van der Waals surface area (Å²) in [6, 6.07) is 7.87. The molecule has 0 aliphatic rings. The van der Waals surface area contributed by atoms with Crippen LogP contribution in [0.3, 0.4) is 0 Å². The lowest BCUT2D eigenvalue weighted by atomic mass is 10.0. The van der Waals surface area contributed by atoms with Crippen molar-refractivity contribution in [1.82, 2.24) is 0 Å². The maximum absolute atomic E-state index is 13.0. The molecule has 0 spiro atoms. The van der Waals surface area contributed by atoms with Gasteiger partial charge in [-0.15, -0.1) is 0 Å². The van der Waals surface area contributed by atoms with Crippen molar-refractivity contribution < 1.29 is 22.4 Å². The van der Waals surface area contributed by atoms with Crippen molar-refractivity contribution in [3.63, 3.8) is 0 Å². The summed E-state index contributed by atoms with van der Waals surface area (Å²) in [6.45, 7) is 0. The van der Waals surface area contributed by atoms with Crippen LogP contribution < -0.4 is 0 Å². The fraction of sp³-hybridized carbons (Fsp3) is 0.133. The zero-order valence-electron chi connectivity index (χ0n) is 10.5. The summed E-state index contributed by atoms with van der Waals surface area (Å²) >= 11 is 5.58. The summed E-state index contributed by atoms with van der Waals surface area (Å²) < 4.78 is 50.2. The van der Waals surface area contributed by atoms with Crippen molar-refractivity contribution in [2.45, 2.75) is 12.6 Å². The topological polar surface area (TPSA) is 17.1 Å². The van der Waals surface area contributed by atoms with Gasteiger partial charge in [0.05, 0.1) is 10.6 Å². The van der Waals surface area contributed by atoms with Crippen molar-refractivity contribution in [2.75, 3.05) is 0 Å². The van der Waals surface area contributed by atoms with E-state index in [2.05, 4.69) is 0 Å². The number of halogens is 5. The predicted octanol–water partition coefficient (Wildman–Crippen LogP) is 4.92. The average Bonchev–Trinajstić information content (AvgIpc) is 2.41. The first-order valence-electron chi connectivity index (χ1n) is 5.92. The molecule has 0 unspecified atom stereocenters. The lowest BCUT2D eigenvalue weighted by Crippen LogP contribution is -2.07. The average molecular weight is 317 g/mol. The molecule has 0 bridgehead atoms. The molecule has 0 fully saturated rings. The third-order valence-electron chi connectivity index (χ3n) is 2.89. The van der Waals surface area contributed by atoms with E-state index in [0.717, 1.165) is 18.2 Å². The number of benzene rings is 2. The predicted molar refractivity (Wildman–Crippen MR) is 70.9 cm³/mol. The van der Waals surface area contributed by atoms with E-state index in [9.17, 15) is 22.4 Å². The van der Waals surface area contributed by atoms with Gasteiger partial charge in [0.25, 0.3) is 0 Å². The Kier molecular flexibility index (Phi) is 4.32. The monoisotopic (exact) mass is 316 g/mol. The number of hydrogen-bond acceptors (Lipinski definition) is 1. The van der Waals surface area contributed by atoms with Crippen LogP contribution >= 0.6 is 11.6 Å². The van der Waals surface area contributed by atoms with E-state index in [-0.39, 0.29) is 22.8 Å². The minimum Gasteiger partial charge on any atom is -0.294 e. The second-order valence-corrected chi connectivity index (χ2v) is 4.83. The molecule has 0 saturated carbocycles. The third-order valence-corrected chi connectivity index (χ3v) is 3.18. The molecule has 6 heteroatoms. The molecular weight excluding hydrogens is 308 g/mol. The van der Waals surface area contributed by atoms with Gasteiger partial charge in [-0.25, -0.2) is 4.39 Å². The first-order valence-corrected chi connectivity index (χ1v) is 6.29. The summed E-state index contributed by atoms with van der Waals surface area (Å²) in [5.74, 6) is -0.987. The van der Waals surface area contributed by atoms with E-state index in [0.29, 0.717) is 5.56 Å². The molecule has 1 nitrogen and oxygen atoms in total. The van der Waals surface area contributed by atoms with Gasteiger partial charge in [0.1, 0.15) is 5.82 Å². The molecule has 2 rings (SSSR count). The minimum absolute atomic E-state index is 0.0832. The zero-order chi connectivity index (χ0) is 15.6. The molecule has 0 saturated heterocycles. The van der Waals surface area contributed by atoms with Gasteiger partial charge in [-0.3, -0.25) is 4.79 Å². The highest BCUT2D eigenvalue weighted by Crippen LogP contribution is 2.29. The van der Waals surface area contributed by atoms with E-state index in [1.54, 1.807) is 0 Å². The number of carbonyl (C=O) groups excluding carboxylic acids is 1. The number of carbonyl (C=O) groups is 1. The second-order valence-electron chi connectivity index (χ2n) is 4.42. The van der Waals surface area contributed by atoms with E-state index in [4.69, 9.17) is 11.6 Å². The maximum atomic E-state index is 13.0. The summed E-state index contributed by atoms with van der Waals surface area (Å²) in [5.41, 5.74) is -0.127. The molecule has 2 aromatic rings. The first-order chi connectivity index (χ1) is 9.77. The van der Waals surface area contributed by atoms with Crippen LogP contribution in [0.4, 0.5) is 17.6 Å². The van der Waals surface area contributed by atoms with Gasteiger partial charge >= 0.3 is 6.18 Å². The van der Waals surface area contributed by atoms with Crippen LogP contribution in [0.5, 0.6) is 0 Å². The van der Waals surface area contributed by atoms with Crippen molar-refractivity contribution in [3.05, 3.63) is 70.0 Å². The Labute approximate surface area is 123 Å². The van der Waals surface area contributed by atoms with Crippen molar-refractivity contribution in [2.24, 2.45) is 0 Å². The van der Waals surface area contributed by atoms with E-state index < -0.39 is 17.6 Å². The molecule has 0 atom stereocenters. The van der Waals surface area contributed by atoms with Crippen LogP contribution in [0.15, 0.2) is 42.5 Å². The minimum atomic E-state index is -4.41. The Morgan fingerprint density at radius 1 is 1.05 bits per heavy atom. The van der Waals surface area contributed by atoms with Crippen LogP contribution in [0, 0.1) is 5.82 Å². The highest BCUT2D eigenvalue weighted by atomic mass is 35.5. The van der Waals surface area contributed by atoms with Crippen LogP contribution in [0.25, 0.3) is 0 Å². The van der Waals surface area contributed by atoms with Gasteiger partial charge in [-0.2, -0.15) is 13.2 Å². The van der Waals surface area contributed by atoms with E-state index in [1.165, 1.54) is 24.3 Å². The SMILES string of the molecule is O=C(Cc1ccc(C(F)(F)F)cc1)c1ccc(F)c(Cl)c1. The Hall–Kier alpha value is -1.88. The van der Waals surface area contributed by atoms with Crippen LogP contribution in [0.2, 0.25) is 5.02 Å². The van der Waals surface area contributed by atoms with Crippen molar-refractivity contribution in [1.29, 1.82) is 0 Å². The molecule has 0 aromatic heterocycles. The van der Waals surface area contributed by atoms with Gasteiger partial charge in [-0.1, -0.05) is 23.7 Å². The standard InChI is InChI=1S/C15H9ClF4O/c16-12-8-10(3-6-13(12)17)14(21)7-9-1-4-11(5-2-9)15(18,19)20/h1-6,8H,7H2. The molecular formula is C15H9ClF4O. The van der Waals surface area contributed by atoms with Gasteiger partial charge < -0.3 is 0 Å². The molecule has 0 aliphatic heterocycles. The van der Waals surface area contributed by atoms with Crippen LogP contribution in [0.1, 0.15) is 21.5 Å². The summed E-state index contributed by atoms with van der Waals surface area (Å²) in [5, 5.41) is -0.173. The largest absolute Gasteiger partial charge is 0.416 e. The molecule has 110 valence electrons. The van der Waals surface area contributed by atoms with Gasteiger partial charge in [0.2, 0.25) is 0 Å². The quantitative estimate of drug-likeness (QED) is 0.580. The Morgan fingerprint density at radius 2 is 1.67 bits per heavy atom. The molecule has 21 heavy (non-hydrogen) atoms. The first kappa shape index (κ1) is 15.5. The van der Waals surface area contributed by atoms with Gasteiger partial charge in [-0.05, 0) is 35.9 Å². The van der Waals surface area contributed by atoms with Crippen molar-refractivity contribution in [3.8, 4) is 0 Å². The smallest absolute Gasteiger partial charge is 0.294 e. The lowest BCUT2D eigenvalue weighted by molar-refractivity contribution is -0.137. The normalized spacial score (nSPS) is 11.5. The van der Waals surface area contributed by atoms with E-state index in [1.807, 2.05) is 0 Å². The Morgan fingerprint density at radius 3 is 2.19 bits per heavy atom. The van der Waals surface area contributed by atoms with E-state index >= 15 is 0 Å². The molecule has 0 aliphatic carbocycles. The lowest BCUT2D eigenvalue weighted by Gasteiger charge is -2.07. The van der Waals surface area contributed by atoms with Gasteiger partial charge in [0, 0.05) is 12.0 Å². The molecule has 0 amide bonds. The second kappa shape index (κ2) is 5.85. The molecule has 0 radical (unpaired) electrons. The summed E-state index contributed by atoms with van der Waals surface area (Å²) in [6.07, 6.45) is -4.49. The number of hydrogen-bond donors (Lipinski definition) is 0. The Balaban J connectivity index is 2.14. The highest BCUT2D eigenvalue weighted by Gasteiger charge is 2.29.